The van der Waals surface area contributed by atoms with Crippen LogP contribution >= 0.6 is 0 Å². The van der Waals surface area contributed by atoms with E-state index in [0.717, 1.165) is 18.6 Å². The van der Waals surface area contributed by atoms with Crippen molar-refractivity contribution in [3.8, 4) is 22.7 Å². The molecular weight excluding hydrogens is 542 g/mol. The highest BCUT2D eigenvalue weighted by molar-refractivity contribution is 5.92. The number of anilines is 1. The second-order valence-corrected chi connectivity index (χ2v) is 10.1. The third-order valence-electron chi connectivity index (χ3n) is 7.31. The van der Waals surface area contributed by atoms with Crippen molar-refractivity contribution in [1.82, 2.24) is 24.4 Å². The molecule has 1 saturated heterocycles. The van der Waals surface area contributed by atoms with E-state index in [0.29, 0.717) is 36.6 Å². The number of phenols is 1. The van der Waals surface area contributed by atoms with Crippen LogP contribution in [0.5, 0.6) is 5.75 Å². The van der Waals surface area contributed by atoms with E-state index in [-0.39, 0.29) is 28.8 Å². The molecule has 1 atom stereocenters. The second-order valence-electron chi connectivity index (χ2n) is 10.1. The number of halogens is 2. The molecule has 1 N–H and O–H groups in total. The monoisotopic (exact) mass is 572 g/mol. The average Bonchev–Trinajstić information content (AvgIpc) is 2.96. The smallest absolute Gasteiger partial charge is 0.355 e. The number of piperazine rings is 1. The molecule has 5 rings (SSSR count). The van der Waals surface area contributed by atoms with Gasteiger partial charge in [-0.3, -0.25) is 9.78 Å². The number of carbonyl (C=O) groups is 1. The molecule has 1 fully saturated rings. The zero-order valence-corrected chi connectivity index (χ0v) is 23.5. The largest absolute Gasteiger partial charge is 0.507 e. The first-order valence-electron chi connectivity index (χ1n) is 13.6. The van der Waals surface area contributed by atoms with Crippen molar-refractivity contribution in [2.75, 3.05) is 24.5 Å². The summed E-state index contributed by atoms with van der Waals surface area (Å²) in [5.74, 6) is -2.29. The lowest BCUT2D eigenvalue weighted by Crippen LogP contribution is -2.54. The van der Waals surface area contributed by atoms with Crippen LogP contribution in [-0.2, 0) is 4.79 Å². The van der Waals surface area contributed by atoms with Gasteiger partial charge in [0.15, 0.2) is 11.5 Å². The molecule has 9 nitrogen and oxygen atoms in total. The lowest BCUT2D eigenvalue weighted by molar-refractivity contribution is -0.126. The SMILES string of the molecule is C=CC(=O)N1CCN(c2nc(=O)n(-c3c(C)ccnc3/C=C/CC)c3nc(-c4c(O)cccc4F)c(F)cc23)[C@@H](C)C1. The molecule has 42 heavy (non-hydrogen) atoms. The van der Waals surface area contributed by atoms with Crippen molar-refractivity contribution < 1.29 is 18.7 Å². The fourth-order valence-corrected chi connectivity index (χ4v) is 5.26. The Morgan fingerprint density at radius 3 is 2.67 bits per heavy atom. The molecule has 1 aliphatic rings. The predicted octanol–water partition coefficient (Wildman–Crippen LogP) is 4.78. The van der Waals surface area contributed by atoms with E-state index in [1.54, 1.807) is 30.2 Å². The van der Waals surface area contributed by atoms with Crippen LogP contribution in [0.15, 0.2) is 60.1 Å². The highest BCUT2D eigenvalue weighted by Crippen LogP contribution is 2.36. The Bertz CT molecular complexity index is 1780. The second kappa shape index (κ2) is 11.5. The Kier molecular flexibility index (Phi) is 7.84. The summed E-state index contributed by atoms with van der Waals surface area (Å²) < 4.78 is 32.0. The number of carbonyl (C=O) groups excluding carboxylic acids is 1. The number of pyridine rings is 2. The third kappa shape index (κ3) is 5.02. The van der Waals surface area contributed by atoms with E-state index in [9.17, 15) is 19.1 Å². The molecule has 1 amide bonds. The molecule has 1 aliphatic heterocycles. The number of amides is 1. The quantitative estimate of drug-likeness (QED) is 0.332. The zero-order valence-electron chi connectivity index (χ0n) is 23.5. The molecule has 216 valence electrons. The van der Waals surface area contributed by atoms with Crippen molar-refractivity contribution in [3.05, 3.63) is 88.6 Å². The number of hydrogen-bond acceptors (Lipinski definition) is 7. The van der Waals surface area contributed by atoms with Gasteiger partial charge < -0.3 is 14.9 Å². The summed E-state index contributed by atoms with van der Waals surface area (Å²) in [7, 11) is 0. The molecule has 0 radical (unpaired) electrons. The number of phenolic OH excluding ortho intramolecular Hbond substituents is 1. The third-order valence-corrected chi connectivity index (χ3v) is 7.31. The van der Waals surface area contributed by atoms with Gasteiger partial charge in [0.2, 0.25) is 5.91 Å². The highest BCUT2D eigenvalue weighted by Gasteiger charge is 2.30. The van der Waals surface area contributed by atoms with Crippen LogP contribution in [-0.4, -0.2) is 61.1 Å². The number of allylic oxidation sites excluding steroid dienone is 1. The van der Waals surface area contributed by atoms with Crippen molar-refractivity contribution in [3.63, 3.8) is 0 Å². The first-order valence-corrected chi connectivity index (χ1v) is 13.6. The maximum Gasteiger partial charge on any atom is 0.355 e. The fraction of sp³-hybridized carbons (Fsp3) is 0.258. The van der Waals surface area contributed by atoms with Gasteiger partial charge in [-0.25, -0.2) is 23.1 Å². The van der Waals surface area contributed by atoms with Gasteiger partial charge >= 0.3 is 5.69 Å². The number of aryl methyl sites for hydroxylation is 1. The van der Waals surface area contributed by atoms with E-state index < -0.39 is 34.3 Å². The number of rotatable bonds is 6. The maximum atomic E-state index is 15.8. The number of hydrogen-bond donors (Lipinski definition) is 1. The Morgan fingerprint density at radius 2 is 1.98 bits per heavy atom. The predicted molar refractivity (Wildman–Crippen MR) is 158 cm³/mol. The minimum atomic E-state index is -0.904. The Balaban J connectivity index is 1.83. The van der Waals surface area contributed by atoms with Crippen LogP contribution in [0, 0.1) is 18.6 Å². The summed E-state index contributed by atoms with van der Waals surface area (Å²) in [5.41, 5.74) is 0.000346. The molecule has 11 heteroatoms. The lowest BCUT2D eigenvalue weighted by Gasteiger charge is -2.40. The Labute approximate surface area is 241 Å². The number of fused-ring (bicyclic) bond motifs is 1. The molecule has 1 aromatic carbocycles. The van der Waals surface area contributed by atoms with Crippen molar-refractivity contribution in [1.29, 1.82) is 0 Å². The molecule has 0 spiro atoms. The summed E-state index contributed by atoms with van der Waals surface area (Å²) in [6.45, 7) is 10.2. The normalized spacial score (nSPS) is 15.5. The van der Waals surface area contributed by atoms with Gasteiger partial charge in [-0.2, -0.15) is 4.98 Å². The maximum absolute atomic E-state index is 15.8. The van der Waals surface area contributed by atoms with E-state index in [1.165, 1.54) is 22.8 Å². The summed E-state index contributed by atoms with van der Waals surface area (Å²) in [6, 6.07) is 6.23. The topological polar surface area (TPSA) is 104 Å². The van der Waals surface area contributed by atoms with Crippen LogP contribution in [0.1, 0.15) is 31.5 Å². The molecule has 0 unspecified atom stereocenters. The minimum Gasteiger partial charge on any atom is -0.507 e. The van der Waals surface area contributed by atoms with Gasteiger partial charge in [-0.05, 0) is 62.2 Å². The van der Waals surface area contributed by atoms with Crippen LogP contribution in [0.3, 0.4) is 0 Å². The number of nitrogens with zero attached hydrogens (tertiary/aromatic N) is 6. The van der Waals surface area contributed by atoms with Gasteiger partial charge in [0, 0.05) is 31.9 Å². The van der Waals surface area contributed by atoms with Gasteiger partial charge in [-0.15, -0.1) is 0 Å². The van der Waals surface area contributed by atoms with Gasteiger partial charge in [-0.1, -0.05) is 25.6 Å². The van der Waals surface area contributed by atoms with Crippen LogP contribution < -0.4 is 10.6 Å². The molecule has 4 aromatic rings. The number of aromatic hydroxyl groups is 1. The van der Waals surface area contributed by atoms with E-state index in [4.69, 9.17) is 0 Å². The van der Waals surface area contributed by atoms with Gasteiger partial charge in [0.1, 0.15) is 23.1 Å². The molecule has 0 bridgehead atoms. The zero-order chi connectivity index (χ0) is 30.1. The molecule has 0 saturated carbocycles. The van der Waals surface area contributed by atoms with Crippen molar-refractivity contribution in [2.45, 2.75) is 33.2 Å². The van der Waals surface area contributed by atoms with Gasteiger partial charge in [0.05, 0.1) is 22.3 Å². The summed E-state index contributed by atoms with van der Waals surface area (Å²) >= 11 is 0. The van der Waals surface area contributed by atoms with E-state index in [2.05, 4.69) is 21.5 Å². The first-order chi connectivity index (χ1) is 20.2. The number of benzene rings is 1. The molecule has 3 aromatic heterocycles. The van der Waals surface area contributed by atoms with E-state index in [1.807, 2.05) is 24.8 Å². The Morgan fingerprint density at radius 1 is 1.19 bits per heavy atom. The fourth-order valence-electron chi connectivity index (χ4n) is 5.26. The Hall–Kier alpha value is -4.93. The summed E-state index contributed by atoms with van der Waals surface area (Å²) in [6.07, 6.45) is 7.25. The van der Waals surface area contributed by atoms with Crippen molar-refractivity contribution in [2.24, 2.45) is 0 Å². The molecule has 4 heterocycles. The first kappa shape index (κ1) is 28.6. The number of aromatic nitrogens is 4. The highest BCUT2D eigenvalue weighted by atomic mass is 19.1. The minimum absolute atomic E-state index is 0.0168. The standard InChI is InChI=1S/C31H30F2N6O3/c1-5-7-10-23-28(18(3)12-13-34-23)39-30-20(16-22(33)27(35-30)26-21(32)9-8-11-24(26)40)29(36-31(39)42)38-15-14-37(17-19(38)4)25(41)6-2/h6-13,16,19,40H,2,5,14-15,17H2,1,3-4H3/b10-7+/t19-/m0/s1. The average molecular weight is 573 g/mol. The summed E-state index contributed by atoms with van der Waals surface area (Å²) in [4.78, 5) is 43.0. The molecule has 0 aliphatic carbocycles. The van der Waals surface area contributed by atoms with E-state index >= 15 is 4.39 Å². The summed E-state index contributed by atoms with van der Waals surface area (Å²) in [5, 5.41) is 10.7. The molecular formula is C31H30F2N6O3. The van der Waals surface area contributed by atoms with Crippen molar-refractivity contribution >= 4 is 28.8 Å². The van der Waals surface area contributed by atoms with Gasteiger partial charge in [0.25, 0.3) is 0 Å². The van der Waals surface area contributed by atoms with Crippen LogP contribution in [0.4, 0.5) is 14.6 Å². The van der Waals surface area contributed by atoms with Crippen LogP contribution in [0.25, 0.3) is 34.1 Å². The lowest BCUT2D eigenvalue weighted by atomic mass is 10.1. The van der Waals surface area contributed by atoms with Crippen LogP contribution in [0.2, 0.25) is 0 Å².